The van der Waals surface area contributed by atoms with Gasteiger partial charge in [0.15, 0.2) is 0 Å². The van der Waals surface area contributed by atoms with Crippen LogP contribution in [0.3, 0.4) is 0 Å². The molecule has 0 spiro atoms. The predicted octanol–water partition coefficient (Wildman–Crippen LogP) is -1.34. The fourth-order valence-electron chi connectivity index (χ4n) is 1.83. The number of rotatable bonds is 6. The lowest BCUT2D eigenvalue weighted by Gasteiger charge is -2.26. The zero-order valence-electron chi connectivity index (χ0n) is 11.2. The summed E-state index contributed by atoms with van der Waals surface area (Å²) >= 11 is 0. The molecule has 0 heterocycles. The predicted molar refractivity (Wildman–Crippen MR) is 73.2 cm³/mol. The molecule has 0 saturated heterocycles. The third-order valence-corrected chi connectivity index (χ3v) is 2.85. The molecule has 1 aromatic carbocycles. The number of imide groups is 1. The second-order valence-electron chi connectivity index (χ2n) is 4.29. The number of nitrogens with zero attached hydrogens (tertiary/aromatic N) is 1. The van der Waals surface area contributed by atoms with E-state index in [1.165, 1.54) is 24.3 Å². The lowest BCUT2D eigenvalue weighted by molar-refractivity contribution is -0.157. The number of benzene rings is 1. The summed E-state index contributed by atoms with van der Waals surface area (Å²) in [5.74, 6) is -2.93. The number of amides is 2. The fraction of sp³-hybridized carbons (Fsp3) is 0.308. The molecule has 1 aromatic rings. The molecule has 1 unspecified atom stereocenters. The monoisotopic (exact) mass is 295 g/mol. The van der Waals surface area contributed by atoms with E-state index >= 15 is 0 Å². The smallest absolute Gasteiger partial charge is 0.327 e. The summed E-state index contributed by atoms with van der Waals surface area (Å²) in [6.07, 6.45) is -0.104. The van der Waals surface area contributed by atoms with Crippen molar-refractivity contribution in [2.45, 2.75) is 12.5 Å². The molecule has 0 saturated carbocycles. The van der Waals surface area contributed by atoms with Crippen LogP contribution in [0.25, 0.3) is 0 Å². The van der Waals surface area contributed by atoms with Crippen molar-refractivity contribution in [3.05, 3.63) is 29.8 Å². The molecule has 1 rings (SSSR count). The molecule has 0 radical (unpaired) electrons. The Morgan fingerprint density at radius 1 is 1.05 bits per heavy atom. The highest BCUT2D eigenvalue weighted by molar-refractivity contribution is 6.00. The first kappa shape index (κ1) is 16.6. The quantitative estimate of drug-likeness (QED) is 0.507. The average Bonchev–Trinajstić information content (AvgIpc) is 2.47. The Balaban J connectivity index is 3.07. The van der Waals surface area contributed by atoms with Gasteiger partial charge in [-0.2, -0.15) is 0 Å². The molecule has 0 aliphatic rings. The van der Waals surface area contributed by atoms with Crippen molar-refractivity contribution >= 4 is 17.8 Å². The minimum Gasteiger partial charge on any atom is -0.508 e. The number of carbonyl (C=O) groups excluding carboxylic acids is 2. The summed E-state index contributed by atoms with van der Waals surface area (Å²) in [6, 6.07) is 4.37. The van der Waals surface area contributed by atoms with Crippen LogP contribution >= 0.6 is 0 Å². The molecular weight excluding hydrogens is 278 g/mol. The number of nitrogens with two attached hydrogens (primary N) is 2. The molecule has 0 bridgehead atoms. The number of phenols is 1. The van der Waals surface area contributed by atoms with Crippen LogP contribution in [0.4, 0.5) is 0 Å². The van der Waals surface area contributed by atoms with Gasteiger partial charge in [0.25, 0.3) is 0 Å². The van der Waals surface area contributed by atoms with E-state index in [0.29, 0.717) is 10.5 Å². The van der Waals surface area contributed by atoms with Crippen molar-refractivity contribution in [2.24, 2.45) is 11.5 Å². The van der Waals surface area contributed by atoms with Crippen molar-refractivity contribution < 1.29 is 24.6 Å². The van der Waals surface area contributed by atoms with Crippen LogP contribution in [0.15, 0.2) is 24.3 Å². The summed E-state index contributed by atoms with van der Waals surface area (Å²) in [5, 5.41) is 18.5. The topological polar surface area (TPSA) is 147 Å². The SMILES string of the molecule is NCC(=O)N(C(=O)CN)C(Cc1ccc(O)cc1)C(=O)O. The van der Waals surface area contributed by atoms with Gasteiger partial charge in [-0.05, 0) is 17.7 Å². The highest BCUT2D eigenvalue weighted by Crippen LogP contribution is 2.14. The van der Waals surface area contributed by atoms with Gasteiger partial charge in [-0.3, -0.25) is 14.5 Å². The van der Waals surface area contributed by atoms with Crippen molar-refractivity contribution in [1.82, 2.24) is 4.90 Å². The summed E-state index contributed by atoms with van der Waals surface area (Å²) in [4.78, 5) is 35.4. The van der Waals surface area contributed by atoms with Gasteiger partial charge in [-0.25, -0.2) is 4.79 Å². The summed E-state index contributed by atoms with van der Waals surface area (Å²) < 4.78 is 0. The number of hydrogen-bond donors (Lipinski definition) is 4. The molecule has 0 aromatic heterocycles. The van der Waals surface area contributed by atoms with Crippen LogP contribution < -0.4 is 11.5 Å². The summed E-state index contributed by atoms with van der Waals surface area (Å²) in [5.41, 5.74) is 11.0. The molecule has 1 atom stereocenters. The van der Waals surface area contributed by atoms with E-state index in [2.05, 4.69) is 0 Å². The third-order valence-electron chi connectivity index (χ3n) is 2.85. The highest BCUT2D eigenvalue weighted by Gasteiger charge is 2.33. The second kappa shape index (κ2) is 7.36. The van der Waals surface area contributed by atoms with Crippen molar-refractivity contribution in [1.29, 1.82) is 0 Å². The Labute approximate surface area is 120 Å². The number of aliphatic carboxylic acids is 1. The van der Waals surface area contributed by atoms with Gasteiger partial charge in [-0.1, -0.05) is 12.1 Å². The van der Waals surface area contributed by atoms with E-state index in [4.69, 9.17) is 11.5 Å². The first-order valence-corrected chi connectivity index (χ1v) is 6.16. The van der Waals surface area contributed by atoms with Crippen molar-refractivity contribution in [3.63, 3.8) is 0 Å². The van der Waals surface area contributed by atoms with Crippen LogP contribution in [0.2, 0.25) is 0 Å². The molecular formula is C13H17N3O5. The van der Waals surface area contributed by atoms with Crippen LogP contribution in [0.5, 0.6) is 5.75 Å². The standard InChI is InChI=1S/C13H17N3O5/c14-6-11(18)16(12(19)7-15)10(13(20)21)5-8-1-3-9(17)4-2-8/h1-4,10,17H,5-7,14-15H2,(H,20,21). The van der Waals surface area contributed by atoms with Crippen LogP contribution in [0, 0.1) is 0 Å². The Bertz CT molecular complexity index is 513. The fourth-order valence-corrected chi connectivity index (χ4v) is 1.83. The normalized spacial score (nSPS) is 11.7. The molecule has 0 aliphatic heterocycles. The Hall–Kier alpha value is -2.45. The van der Waals surface area contributed by atoms with E-state index in [1.54, 1.807) is 0 Å². The van der Waals surface area contributed by atoms with Gasteiger partial charge in [-0.15, -0.1) is 0 Å². The second-order valence-corrected chi connectivity index (χ2v) is 4.29. The summed E-state index contributed by atoms with van der Waals surface area (Å²) in [6.45, 7) is -0.990. The zero-order valence-corrected chi connectivity index (χ0v) is 11.2. The lowest BCUT2D eigenvalue weighted by atomic mass is 10.0. The van der Waals surface area contributed by atoms with Gasteiger partial charge in [0, 0.05) is 6.42 Å². The largest absolute Gasteiger partial charge is 0.508 e. The number of carboxylic acids is 1. The van der Waals surface area contributed by atoms with Gasteiger partial charge in [0.2, 0.25) is 11.8 Å². The van der Waals surface area contributed by atoms with Gasteiger partial charge < -0.3 is 21.7 Å². The molecule has 6 N–H and O–H groups in total. The maximum atomic E-state index is 11.7. The summed E-state index contributed by atoms with van der Waals surface area (Å²) in [7, 11) is 0. The molecule has 21 heavy (non-hydrogen) atoms. The minimum absolute atomic E-state index is 0.0264. The van der Waals surface area contributed by atoms with E-state index in [9.17, 15) is 24.6 Å². The molecule has 0 fully saturated rings. The number of aromatic hydroxyl groups is 1. The van der Waals surface area contributed by atoms with Gasteiger partial charge in [0.1, 0.15) is 11.8 Å². The Kier molecular flexibility index (Phi) is 5.82. The molecule has 8 nitrogen and oxygen atoms in total. The van der Waals surface area contributed by atoms with E-state index < -0.39 is 36.9 Å². The van der Waals surface area contributed by atoms with Crippen LogP contribution in [-0.4, -0.2) is 52.0 Å². The maximum Gasteiger partial charge on any atom is 0.327 e. The van der Waals surface area contributed by atoms with Crippen molar-refractivity contribution in [3.8, 4) is 5.75 Å². The first-order valence-electron chi connectivity index (χ1n) is 6.16. The van der Waals surface area contributed by atoms with Gasteiger partial charge in [0.05, 0.1) is 13.1 Å². The van der Waals surface area contributed by atoms with Crippen molar-refractivity contribution in [2.75, 3.05) is 13.1 Å². The number of hydrogen-bond acceptors (Lipinski definition) is 6. The van der Waals surface area contributed by atoms with Crippen LogP contribution in [0.1, 0.15) is 5.56 Å². The Morgan fingerprint density at radius 3 is 1.90 bits per heavy atom. The average molecular weight is 295 g/mol. The maximum absolute atomic E-state index is 11.7. The molecule has 0 aliphatic carbocycles. The number of carbonyl (C=O) groups is 3. The zero-order chi connectivity index (χ0) is 16.0. The first-order chi connectivity index (χ1) is 9.90. The number of carboxylic acid groups (broad SMARTS) is 1. The van der Waals surface area contributed by atoms with E-state index in [0.717, 1.165) is 0 Å². The van der Waals surface area contributed by atoms with Gasteiger partial charge >= 0.3 is 5.97 Å². The van der Waals surface area contributed by atoms with E-state index in [-0.39, 0.29) is 12.2 Å². The molecule has 114 valence electrons. The third kappa shape index (κ3) is 4.26. The Morgan fingerprint density at radius 2 is 1.52 bits per heavy atom. The molecule has 8 heteroatoms. The molecule has 2 amide bonds. The van der Waals surface area contributed by atoms with E-state index in [1.807, 2.05) is 0 Å². The minimum atomic E-state index is -1.40. The number of phenolic OH excluding ortho intramolecular Hbond substituents is 1. The van der Waals surface area contributed by atoms with Crippen LogP contribution in [-0.2, 0) is 20.8 Å². The highest BCUT2D eigenvalue weighted by atomic mass is 16.4. The lowest BCUT2D eigenvalue weighted by Crippen LogP contribution is -2.53.